The third-order valence-corrected chi connectivity index (χ3v) is 3.35. The number of imidazole rings is 1. The molecule has 0 spiro atoms. The fourth-order valence-electron chi connectivity index (χ4n) is 2.30. The van der Waals surface area contributed by atoms with Crippen LogP contribution in [0.25, 0.3) is 5.65 Å². The summed E-state index contributed by atoms with van der Waals surface area (Å²) >= 11 is 0. The first-order valence-electron chi connectivity index (χ1n) is 7.19. The minimum absolute atomic E-state index is 0.0318. The van der Waals surface area contributed by atoms with Crippen molar-refractivity contribution in [1.29, 1.82) is 0 Å². The first-order chi connectivity index (χ1) is 11.0. The molecule has 2 N–H and O–H groups in total. The summed E-state index contributed by atoms with van der Waals surface area (Å²) in [6.45, 7) is 3.59. The maximum atomic E-state index is 12.0. The minimum Gasteiger partial charge on any atom is -0.506 e. The van der Waals surface area contributed by atoms with Crippen molar-refractivity contribution >= 4 is 17.2 Å². The molecule has 0 atom stereocenters. The average Bonchev–Trinajstić information content (AvgIpc) is 2.88. The quantitative estimate of drug-likeness (QED) is 0.726. The molecule has 0 bridgehead atoms. The predicted molar refractivity (Wildman–Crippen MR) is 86.9 cm³/mol. The maximum absolute atomic E-state index is 12.0. The zero-order valence-electron chi connectivity index (χ0n) is 12.9. The number of hydrogen-bond donors (Lipinski definition) is 2. The normalized spacial score (nSPS) is 10.7. The predicted octanol–water partition coefficient (Wildman–Crippen LogP) is 2.67. The number of aryl methyl sites for hydroxylation is 2. The average molecular weight is 311 g/mol. The van der Waals surface area contributed by atoms with Gasteiger partial charge in [-0.05, 0) is 43.7 Å². The van der Waals surface area contributed by atoms with Gasteiger partial charge in [-0.25, -0.2) is 4.98 Å². The molecular formula is C17H17N3O3. The molecule has 0 radical (unpaired) electrons. The number of phenolic OH excluding ortho intramolecular Hbond substituents is 1. The molecule has 2 heterocycles. The van der Waals surface area contributed by atoms with Crippen molar-refractivity contribution in [1.82, 2.24) is 9.38 Å². The third-order valence-electron chi connectivity index (χ3n) is 3.35. The lowest BCUT2D eigenvalue weighted by Crippen LogP contribution is -2.20. The highest BCUT2D eigenvalue weighted by Crippen LogP contribution is 2.24. The lowest BCUT2D eigenvalue weighted by Gasteiger charge is -2.09. The minimum atomic E-state index is -0.352. The van der Waals surface area contributed by atoms with E-state index in [2.05, 4.69) is 10.3 Å². The standard InChI is InChI=1S/C17H17N3O3/c1-11-5-6-13(14(21)8-11)19-16(22)10-23-15-4-3-7-20-9-12(2)18-17(15)20/h3-9,21H,10H2,1-2H3,(H,19,22). The van der Waals surface area contributed by atoms with E-state index in [0.717, 1.165) is 11.3 Å². The Labute approximate surface area is 133 Å². The SMILES string of the molecule is Cc1ccc(NC(=O)COc2cccn3cc(C)nc23)c(O)c1. The number of carbonyl (C=O) groups is 1. The van der Waals surface area contributed by atoms with Gasteiger partial charge in [-0.15, -0.1) is 0 Å². The second-order valence-electron chi connectivity index (χ2n) is 5.34. The molecule has 118 valence electrons. The number of nitrogens with zero attached hydrogens (tertiary/aromatic N) is 2. The zero-order chi connectivity index (χ0) is 16.4. The molecule has 0 saturated heterocycles. The number of phenols is 1. The fourth-order valence-corrected chi connectivity index (χ4v) is 2.30. The molecule has 6 nitrogen and oxygen atoms in total. The van der Waals surface area contributed by atoms with E-state index in [4.69, 9.17) is 4.74 Å². The van der Waals surface area contributed by atoms with Gasteiger partial charge in [0.25, 0.3) is 5.91 Å². The number of anilines is 1. The van der Waals surface area contributed by atoms with Gasteiger partial charge in [0, 0.05) is 12.4 Å². The number of hydrogen-bond acceptors (Lipinski definition) is 4. The first-order valence-corrected chi connectivity index (χ1v) is 7.19. The summed E-state index contributed by atoms with van der Waals surface area (Å²) in [5.74, 6) is 0.211. The van der Waals surface area contributed by atoms with Crippen LogP contribution in [0.15, 0.2) is 42.7 Å². The fraction of sp³-hybridized carbons (Fsp3) is 0.176. The van der Waals surface area contributed by atoms with Crippen molar-refractivity contribution in [3.8, 4) is 11.5 Å². The number of nitrogens with one attached hydrogen (secondary N) is 1. The van der Waals surface area contributed by atoms with E-state index in [-0.39, 0.29) is 18.3 Å². The first kappa shape index (κ1) is 14.9. The number of amides is 1. The Bertz CT molecular complexity index is 871. The molecule has 6 heteroatoms. The zero-order valence-corrected chi connectivity index (χ0v) is 12.9. The van der Waals surface area contributed by atoms with Crippen LogP contribution < -0.4 is 10.1 Å². The molecule has 0 unspecified atom stereocenters. The van der Waals surface area contributed by atoms with Crippen LogP contribution >= 0.6 is 0 Å². The molecular weight excluding hydrogens is 294 g/mol. The highest BCUT2D eigenvalue weighted by Gasteiger charge is 2.10. The summed E-state index contributed by atoms with van der Waals surface area (Å²) in [5, 5.41) is 12.4. The van der Waals surface area contributed by atoms with E-state index >= 15 is 0 Å². The van der Waals surface area contributed by atoms with Gasteiger partial charge in [-0.3, -0.25) is 4.79 Å². The summed E-state index contributed by atoms with van der Waals surface area (Å²) < 4.78 is 7.39. The molecule has 2 aromatic heterocycles. The highest BCUT2D eigenvalue weighted by atomic mass is 16.5. The lowest BCUT2D eigenvalue weighted by molar-refractivity contribution is -0.118. The Morgan fingerprint density at radius 3 is 2.96 bits per heavy atom. The van der Waals surface area contributed by atoms with Crippen LogP contribution in [-0.2, 0) is 4.79 Å². The van der Waals surface area contributed by atoms with Crippen molar-refractivity contribution in [2.75, 3.05) is 11.9 Å². The Balaban J connectivity index is 1.68. The smallest absolute Gasteiger partial charge is 0.262 e. The van der Waals surface area contributed by atoms with Crippen molar-refractivity contribution in [3.05, 3.63) is 54.0 Å². The Morgan fingerprint density at radius 1 is 1.35 bits per heavy atom. The van der Waals surface area contributed by atoms with Gasteiger partial charge in [-0.2, -0.15) is 0 Å². The molecule has 1 aromatic carbocycles. The number of aromatic nitrogens is 2. The molecule has 23 heavy (non-hydrogen) atoms. The van der Waals surface area contributed by atoms with Gasteiger partial charge >= 0.3 is 0 Å². The number of fused-ring (bicyclic) bond motifs is 1. The summed E-state index contributed by atoms with van der Waals surface area (Å²) in [7, 11) is 0. The van der Waals surface area contributed by atoms with Crippen molar-refractivity contribution in [2.24, 2.45) is 0 Å². The number of benzene rings is 1. The summed E-state index contributed by atoms with van der Waals surface area (Å²) in [6.07, 6.45) is 3.75. The van der Waals surface area contributed by atoms with Crippen molar-refractivity contribution in [2.45, 2.75) is 13.8 Å². The monoisotopic (exact) mass is 311 g/mol. The van der Waals surface area contributed by atoms with Crippen LogP contribution in [0.2, 0.25) is 0 Å². The molecule has 0 saturated carbocycles. The van der Waals surface area contributed by atoms with Gasteiger partial charge in [0.2, 0.25) is 0 Å². The Hall–Kier alpha value is -3.02. The Kier molecular flexibility index (Phi) is 3.89. The maximum Gasteiger partial charge on any atom is 0.262 e. The number of rotatable bonds is 4. The van der Waals surface area contributed by atoms with Crippen LogP contribution in [0.5, 0.6) is 11.5 Å². The summed E-state index contributed by atoms with van der Waals surface area (Å²) in [6, 6.07) is 8.64. The van der Waals surface area contributed by atoms with Gasteiger partial charge < -0.3 is 19.6 Å². The van der Waals surface area contributed by atoms with E-state index in [1.54, 1.807) is 18.2 Å². The van der Waals surface area contributed by atoms with Crippen molar-refractivity contribution < 1.29 is 14.6 Å². The largest absolute Gasteiger partial charge is 0.506 e. The third kappa shape index (κ3) is 3.26. The van der Waals surface area contributed by atoms with E-state index in [0.29, 0.717) is 17.1 Å². The lowest BCUT2D eigenvalue weighted by atomic mass is 10.2. The summed E-state index contributed by atoms with van der Waals surface area (Å²) in [4.78, 5) is 16.4. The van der Waals surface area contributed by atoms with Gasteiger partial charge in [0.1, 0.15) is 5.75 Å². The van der Waals surface area contributed by atoms with Crippen LogP contribution in [0.1, 0.15) is 11.3 Å². The molecule has 0 fully saturated rings. The van der Waals surface area contributed by atoms with Crippen LogP contribution in [0, 0.1) is 13.8 Å². The molecule has 0 aliphatic rings. The van der Waals surface area contributed by atoms with Gasteiger partial charge in [0.05, 0.1) is 11.4 Å². The van der Waals surface area contributed by atoms with Gasteiger partial charge in [-0.1, -0.05) is 6.07 Å². The number of ether oxygens (including phenoxy) is 1. The number of aromatic hydroxyl groups is 1. The molecule has 3 rings (SSSR count). The molecule has 1 amide bonds. The van der Waals surface area contributed by atoms with E-state index in [9.17, 15) is 9.90 Å². The second-order valence-corrected chi connectivity index (χ2v) is 5.34. The molecule has 0 aliphatic heterocycles. The van der Waals surface area contributed by atoms with Crippen molar-refractivity contribution in [3.63, 3.8) is 0 Å². The summed E-state index contributed by atoms with van der Waals surface area (Å²) in [5.41, 5.74) is 2.81. The van der Waals surface area contributed by atoms with Crippen LogP contribution in [0.3, 0.4) is 0 Å². The highest BCUT2D eigenvalue weighted by molar-refractivity contribution is 5.93. The number of carbonyl (C=O) groups excluding carboxylic acids is 1. The van der Waals surface area contributed by atoms with Crippen LogP contribution in [-0.4, -0.2) is 27.0 Å². The number of pyridine rings is 1. The van der Waals surface area contributed by atoms with E-state index in [1.165, 1.54) is 0 Å². The molecule has 3 aromatic rings. The topological polar surface area (TPSA) is 75.9 Å². The van der Waals surface area contributed by atoms with Crippen LogP contribution in [0.4, 0.5) is 5.69 Å². The van der Waals surface area contributed by atoms with E-state index in [1.807, 2.05) is 42.8 Å². The van der Waals surface area contributed by atoms with Gasteiger partial charge in [0.15, 0.2) is 18.0 Å². The Morgan fingerprint density at radius 2 is 2.17 bits per heavy atom. The second kappa shape index (κ2) is 6.00. The molecule has 0 aliphatic carbocycles. The van der Waals surface area contributed by atoms with E-state index < -0.39 is 0 Å².